The molecular formula is C19H10ClIN4. The normalized spacial score (nSPS) is 10.1. The molecule has 1 aromatic heterocycles. The topological polar surface area (TPSA) is 73.4 Å². The fourth-order valence-electron chi connectivity index (χ4n) is 2.35. The lowest BCUT2D eigenvalue weighted by Gasteiger charge is -2.10. The maximum absolute atomic E-state index is 9.28. The predicted molar refractivity (Wildman–Crippen MR) is 105 cm³/mol. The molecule has 3 aromatic rings. The van der Waals surface area contributed by atoms with Gasteiger partial charge < -0.3 is 0 Å². The molecule has 0 bridgehead atoms. The maximum atomic E-state index is 9.28. The molecule has 0 fully saturated rings. The lowest BCUT2D eigenvalue weighted by Crippen LogP contribution is -2.01. The zero-order valence-electron chi connectivity index (χ0n) is 12.9. The van der Waals surface area contributed by atoms with Gasteiger partial charge in [0, 0.05) is 20.6 Å². The van der Waals surface area contributed by atoms with Crippen molar-refractivity contribution in [2.24, 2.45) is 0 Å². The van der Waals surface area contributed by atoms with Gasteiger partial charge in [0.05, 0.1) is 11.4 Å². The molecule has 0 aliphatic rings. The average Bonchev–Trinajstić information content (AvgIpc) is 2.67. The number of hydrogen-bond donors (Lipinski definition) is 0. The van der Waals surface area contributed by atoms with Gasteiger partial charge in [-0.3, -0.25) is 0 Å². The minimum Gasteiger partial charge on any atom is -0.232 e. The van der Waals surface area contributed by atoms with Crippen LogP contribution in [0.15, 0.2) is 48.5 Å². The Morgan fingerprint density at radius 1 is 0.800 bits per heavy atom. The molecular weight excluding hydrogens is 447 g/mol. The summed E-state index contributed by atoms with van der Waals surface area (Å²) in [6.45, 7) is 0. The number of nitriles is 2. The van der Waals surface area contributed by atoms with Gasteiger partial charge >= 0.3 is 0 Å². The maximum Gasteiger partial charge on any atom is 0.177 e. The van der Waals surface area contributed by atoms with Crippen molar-refractivity contribution in [3.63, 3.8) is 0 Å². The molecule has 0 aliphatic heterocycles. The van der Waals surface area contributed by atoms with E-state index in [2.05, 4.69) is 32.6 Å². The van der Waals surface area contributed by atoms with E-state index in [1.54, 1.807) is 12.1 Å². The van der Waals surface area contributed by atoms with Crippen LogP contribution < -0.4 is 0 Å². The largest absolute Gasteiger partial charge is 0.232 e. The predicted octanol–water partition coefficient (Wildman–Crippen LogP) is 5.14. The summed E-state index contributed by atoms with van der Waals surface area (Å²) in [7, 11) is 0. The molecule has 0 saturated heterocycles. The van der Waals surface area contributed by atoms with Crippen LogP contribution in [0, 0.1) is 22.7 Å². The van der Waals surface area contributed by atoms with Crippen LogP contribution in [-0.4, -0.2) is 9.97 Å². The van der Waals surface area contributed by atoms with E-state index in [0.717, 1.165) is 15.6 Å². The van der Waals surface area contributed by atoms with Crippen molar-refractivity contribution in [1.82, 2.24) is 9.97 Å². The van der Waals surface area contributed by atoms with Gasteiger partial charge in [-0.2, -0.15) is 10.5 Å². The van der Waals surface area contributed by atoms with Gasteiger partial charge in [0.2, 0.25) is 0 Å². The molecule has 2 aromatic carbocycles. The first kappa shape index (κ1) is 17.3. The van der Waals surface area contributed by atoms with Crippen LogP contribution in [0.1, 0.15) is 17.0 Å². The Labute approximate surface area is 163 Å². The van der Waals surface area contributed by atoms with Crippen LogP contribution in [-0.2, 0) is 4.43 Å². The molecule has 0 spiro atoms. The van der Waals surface area contributed by atoms with E-state index in [1.165, 1.54) is 5.56 Å². The molecule has 0 N–H and O–H groups in total. The third-order valence-corrected chi connectivity index (χ3v) is 4.74. The molecule has 0 amide bonds. The number of halogens is 2. The summed E-state index contributed by atoms with van der Waals surface area (Å²) in [4.78, 5) is 8.80. The lowest BCUT2D eigenvalue weighted by atomic mass is 10.0. The highest BCUT2D eigenvalue weighted by Crippen LogP contribution is 2.31. The van der Waals surface area contributed by atoms with Gasteiger partial charge in [0.15, 0.2) is 11.4 Å². The van der Waals surface area contributed by atoms with Crippen molar-refractivity contribution >= 4 is 34.2 Å². The minimum absolute atomic E-state index is 0.0140. The first-order valence-electron chi connectivity index (χ1n) is 7.29. The molecule has 0 unspecified atom stereocenters. The van der Waals surface area contributed by atoms with Gasteiger partial charge in [-0.05, 0) is 17.7 Å². The Morgan fingerprint density at radius 3 is 1.64 bits per heavy atom. The Morgan fingerprint density at radius 2 is 1.24 bits per heavy atom. The second-order valence-corrected chi connectivity index (χ2v) is 6.38. The molecule has 6 heteroatoms. The second kappa shape index (κ2) is 7.60. The minimum atomic E-state index is 0.0140. The van der Waals surface area contributed by atoms with Gasteiger partial charge in [0.1, 0.15) is 12.1 Å². The third kappa shape index (κ3) is 3.63. The highest BCUT2D eigenvalue weighted by atomic mass is 127. The average molecular weight is 457 g/mol. The molecule has 120 valence electrons. The van der Waals surface area contributed by atoms with Crippen molar-refractivity contribution in [2.75, 3.05) is 0 Å². The van der Waals surface area contributed by atoms with Gasteiger partial charge in [0.25, 0.3) is 0 Å². The zero-order chi connectivity index (χ0) is 17.8. The van der Waals surface area contributed by atoms with Crippen LogP contribution in [0.4, 0.5) is 0 Å². The number of aromatic nitrogens is 2. The Hall–Kier alpha value is -2.48. The molecule has 0 radical (unpaired) electrons. The van der Waals surface area contributed by atoms with Crippen LogP contribution in [0.2, 0.25) is 5.02 Å². The molecule has 0 atom stereocenters. The van der Waals surface area contributed by atoms with Crippen LogP contribution in [0.25, 0.3) is 22.5 Å². The Bertz CT molecular complexity index is 1000. The lowest BCUT2D eigenvalue weighted by molar-refractivity contribution is 1.14. The fraction of sp³-hybridized carbons (Fsp3) is 0.0526. The van der Waals surface area contributed by atoms with Crippen molar-refractivity contribution in [2.45, 2.75) is 4.43 Å². The van der Waals surface area contributed by atoms with E-state index in [9.17, 15) is 10.5 Å². The number of hydrogen-bond acceptors (Lipinski definition) is 4. The summed E-state index contributed by atoms with van der Waals surface area (Å²) in [6, 6.07) is 19.0. The Kier molecular flexibility index (Phi) is 5.28. The first-order valence-corrected chi connectivity index (χ1v) is 9.20. The Balaban J connectivity index is 2.25. The molecule has 0 aliphatic carbocycles. The van der Waals surface area contributed by atoms with Crippen molar-refractivity contribution in [1.29, 1.82) is 10.5 Å². The highest BCUT2D eigenvalue weighted by molar-refractivity contribution is 14.1. The standard InChI is InChI=1S/C19H10ClIN4/c20-15-7-5-14(6-8-15)19-18(13-3-1-12(9-21)2-4-13)24-16(10-22)17(11-23)25-19/h1-8H,9H2. The zero-order valence-corrected chi connectivity index (χ0v) is 15.8. The monoisotopic (exact) mass is 456 g/mol. The quantitative estimate of drug-likeness (QED) is 0.404. The summed E-state index contributed by atoms with van der Waals surface area (Å²) in [5.41, 5.74) is 3.97. The second-order valence-electron chi connectivity index (χ2n) is 5.18. The third-order valence-electron chi connectivity index (χ3n) is 3.61. The molecule has 25 heavy (non-hydrogen) atoms. The molecule has 0 saturated carbocycles. The SMILES string of the molecule is N#Cc1nc(-c2ccc(Cl)cc2)c(-c2ccc(CI)cc2)nc1C#N. The van der Waals surface area contributed by atoms with E-state index in [1.807, 2.05) is 48.5 Å². The van der Waals surface area contributed by atoms with Crippen molar-refractivity contribution in [3.05, 3.63) is 70.5 Å². The molecule has 1 heterocycles. The van der Waals surface area contributed by atoms with Crippen LogP contribution in [0.3, 0.4) is 0 Å². The number of rotatable bonds is 3. The summed E-state index contributed by atoms with van der Waals surface area (Å²) in [5, 5.41) is 19.2. The van der Waals surface area contributed by atoms with Crippen molar-refractivity contribution < 1.29 is 0 Å². The summed E-state index contributed by atoms with van der Waals surface area (Å²) >= 11 is 8.26. The van der Waals surface area contributed by atoms with E-state index >= 15 is 0 Å². The van der Waals surface area contributed by atoms with Crippen LogP contribution >= 0.6 is 34.2 Å². The fourth-order valence-corrected chi connectivity index (χ4v) is 2.99. The molecule has 4 nitrogen and oxygen atoms in total. The number of alkyl halides is 1. The van der Waals surface area contributed by atoms with E-state index in [-0.39, 0.29) is 11.4 Å². The van der Waals surface area contributed by atoms with E-state index in [4.69, 9.17) is 11.6 Å². The van der Waals surface area contributed by atoms with E-state index in [0.29, 0.717) is 16.4 Å². The van der Waals surface area contributed by atoms with Gasteiger partial charge in [-0.1, -0.05) is 70.6 Å². The van der Waals surface area contributed by atoms with Crippen molar-refractivity contribution in [3.8, 4) is 34.7 Å². The first-order chi connectivity index (χ1) is 12.2. The molecule has 3 rings (SSSR count). The van der Waals surface area contributed by atoms with Crippen LogP contribution in [0.5, 0.6) is 0 Å². The van der Waals surface area contributed by atoms with E-state index < -0.39 is 0 Å². The number of nitrogens with zero attached hydrogens (tertiary/aromatic N) is 4. The summed E-state index contributed by atoms with van der Waals surface area (Å²) in [5.74, 6) is 0. The van der Waals surface area contributed by atoms with Gasteiger partial charge in [-0.15, -0.1) is 0 Å². The smallest absolute Gasteiger partial charge is 0.177 e. The van der Waals surface area contributed by atoms with Gasteiger partial charge in [-0.25, -0.2) is 9.97 Å². The number of benzene rings is 2. The summed E-state index contributed by atoms with van der Waals surface area (Å²) in [6.07, 6.45) is 0. The highest BCUT2D eigenvalue weighted by Gasteiger charge is 2.16. The summed E-state index contributed by atoms with van der Waals surface area (Å²) < 4.78 is 0.907.